The highest BCUT2D eigenvalue weighted by Gasteiger charge is 2.40. The summed E-state index contributed by atoms with van der Waals surface area (Å²) in [5.74, 6) is 0. The van der Waals surface area contributed by atoms with Crippen molar-refractivity contribution in [3.8, 4) is 0 Å². The van der Waals surface area contributed by atoms with Gasteiger partial charge in [0, 0.05) is 51.5 Å². The molecule has 1 saturated carbocycles. The van der Waals surface area contributed by atoms with Crippen LogP contribution in [0.15, 0.2) is 36.7 Å². The quantitative estimate of drug-likeness (QED) is 0.659. The summed E-state index contributed by atoms with van der Waals surface area (Å²) in [5, 5.41) is 0.990. The first-order valence-electron chi connectivity index (χ1n) is 9.14. The van der Waals surface area contributed by atoms with Crippen molar-refractivity contribution >= 4 is 26.4 Å². The van der Waals surface area contributed by atoms with Gasteiger partial charge < -0.3 is 23.1 Å². The van der Waals surface area contributed by atoms with Gasteiger partial charge in [-0.15, -0.1) is 12.4 Å². The number of hydrogen-bond acceptors (Lipinski definition) is 5. The predicted molar refractivity (Wildman–Crippen MR) is 108 cm³/mol. The van der Waals surface area contributed by atoms with E-state index in [-0.39, 0.29) is 12.4 Å². The van der Waals surface area contributed by atoms with Crippen molar-refractivity contribution in [3.63, 3.8) is 0 Å². The predicted octanol–water partition coefficient (Wildman–Crippen LogP) is 3.07. The van der Waals surface area contributed by atoms with Crippen molar-refractivity contribution in [3.05, 3.63) is 42.2 Å². The standard InChI is InChI=1S/C19H30N2O3Si.ClH/c1-22-25(23-2,24-3)19-11-9-17(10-12-19)15-20-13-14-21(16-20)18-7-5-4-6-8-18;/h9-14,18H,4-8,15-16H2,1-3H3;1H. The molecule has 0 bridgehead atoms. The largest absolute Gasteiger partial charge is 0.536 e. The van der Waals surface area contributed by atoms with E-state index in [0.29, 0.717) is 0 Å². The molecule has 0 atom stereocenters. The Kier molecular flexibility index (Phi) is 7.98. The Bertz CT molecular complexity index is 566. The van der Waals surface area contributed by atoms with Crippen molar-refractivity contribution in [1.29, 1.82) is 0 Å². The average Bonchev–Trinajstić information content (AvgIpc) is 3.14. The van der Waals surface area contributed by atoms with Gasteiger partial charge in [-0.05, 0) is 18.4 Å². The summed E-state index contributed by atoms with van der Waals surface area (Å²) < 4.78 is 16.6. The number of halogens is 1. The monoisotopic (exact) mass is 398 g/mol. The molecule has 3 rings (SSSR count). The van der Waals surface area contributed by atoms with Gasteiger partial charge in [-0.25, -0.2) is 0 Å². The molecule has 0 N–H and O–H groups in total. The lowest BCUT2D eigenvalue weighted by Crippen LogP contribution is -2.54. The second-order valence-electron chi connectivity index (χ2n) is 6.86. The lowest BCUT2D eigenvalue weighted by Gasteiger charge is -2.32. The fourth-order valence-corrected chi connectivity index (χ4v) is 5.67. The third-order valence-electron chi connectivity index (χ3n) is 5.36. The van der Waals surface area contributed by atoms with Crippen LogP contribution in [0.5, 0.6) is 0 Å². The molecule has 1 fully saturated rings. The van der Waals surface area contributed by atoms with Gasteiger partial charge in [0.1, 0.15) is 0 Å². The minimum Gasteiger partial charge on any atom is -0.373 e. The molecule has 1 aliphatic heterocycles. The lowest BCUT2D eigenvalue weighted by atomic mass is 9.95. The van der Waals surface area contributed by atoms with E-state index in [1.165, 1.54) is 37.7 Å². The molecule has 1 heterocycles. The molecule has 1 aromatic carbocycles. The van der Waals surface area contributed by atoms with Gasteiger partial charge in [0.05, 0.1) is 6.67 Å². The summed E-state index contributed by atoms with van der Waals surface area (Å²) in [7, 11) is 2.19. The summed E-state index contributed by atoms with van der Waals surface area (Å²) in [5.41, 5.74) is 1.28. The highest BCUT2D eigenvalue weighted by atomic mass is 35.5. The Labute approximate surface area is 164 Å². The van der Waals surface area contributed by atoms with Crippen molar-refractivity contribution < 1.29 is 13.3 Å². The SMILES string of the molecule is CO[Si](OC)(OC)c1ccc(CN2C=CN(C3CCCCC3)C2)cc1.Cl. The van der Waals surface area contributed by atoms with Gasteiger partial charge in [-0.1, -0.05) is 43.5 Å². The highest BCUT2D eigenvalue weighted by Crippen LogP contribution is 2.25. The first kappa shape index (κ1) is 21.2. The fraction of sp³-hybridized carbons (Fsp3) is 0.579. The number of rotatable bonds is 7. The molecule has 5 nitrogen and oxygen atoms in total. The molecule has 0 unspecified atom stereocenters. The first-order valence-corrected chi connectivity index (χ1v) is 10.9. The van der Waals surface area contributed by atoms with Gasteiger partial charge in [-0.2, -0.15) is 0 Å². The van der Waals surface area contributed by atoms with Crippen LogP contribution < -0.4 is 5.19 Å². The molecular formula is C19H31ClN2O3Si. The second kappa shape index (κ2) is 9.76. The molecule has 1 aromatic rings. The average molecular weight is 399 g/mol. The molecule has 0 radical (unpaired) electrons. The zero-order valence-electron chi connectivity index (χ0n) is 16.0. The van der Waals surface area contributed by atoms with Crippen molar-refractivity contribution in [2.24, 2.45) is 0 Å². The zero-order chi connectivity index (χ0) is 17.7. The normalized spacial score (nSPS) is 18.3. The van der Waals surface area contributed by atoms with Crippen molar-refractivity contribution in [2.75, 3.05) is 28.0 Å². The van der Waals surface area contributed by atoms with Crippen LogP contribution in [0.4, 0.5) is 0 Å². The van der Waals surface area contributed by atoms with Crippen LogP contribution in [0.1, 0.15) is 37.7 Å². The van der Waals surface area contributed by atoms with Crippen LogP contribution in [0, 0.1) is 0 Å². The second-order valence-corrected chi connectivity index (χ2v) is 9.77. The molecule has 26 heavy (non-hydrogen) atoms. The summed E-state index contributed by atoms with van der Waals surface area (Å²) in [6.07, 6.45) is 11.3. The van der Waals surface area contributed by atoms with Crippen LogP contribution in [0.3, 0.4) is 0 Å². The van der Waals surface area contributed by atoms with Crippen LogP contribution >= 0.6 is 12.4 Å². The van der Waals surface area contributed by atoms with Gasteiger partial charge in [-0.3, -0.25) is 0 Å². The maximum atomic E-state index is 5.54. The number of benzene rings is 1. The smallest absolute Gasteiger partial charge is 0.373 e. The molecule has 0 spiro atoms. The van der Waals surface area contributed by atoms with Crippen LogP contribution in [-0.2, 0) is 19.8 Å². The van der Waals surface area contributed by atoms with Gasteiger partial charge in [0.2, 0.25) is 0 Å². The molecule has 7 heteroatoms. The van der Waals surface area contributed by atoms with Gasteiger partial charge >= 0.3 is 8.80 Å². The third-order valence-corrected chi connectivity index (χ3v) is 8.01. The van der Waals surface area contributed by atoms with E-state index in [1.807, 2.05) is 0 Å². The highest BCUT2D eigenvalue weighted by molar-refractivity contribution is 6.75. The Balaban J connectivity index is 0.00000243. The third kappa shape index (κ3) is 4.61. The molecule has 146 valence electrons. The van der Waals surface area contributed by atoms with Gasteiger partial charge in [0.25, 0.3) is 0 Å². The minimum atomic E-state index is -2.73. The minimum absolute atomic E-state index is 0. The Morgan fingerprint density at radius 2 is 1.54 bits per heavy atom. The van der Waals surface area contributed by atoms with E-state index >= 15 is 0 Å². The summed E-state index contributed by atoms with van der Waals surface area (Å²) in [6.45, 7) is 1.92. The maximum absolute atomic E-state index is 5.54. The summed E-state index contributed by atoms with van der Waals surface area (Å²) in [6, 6.07) is 9.15. The van der Waals surface area contributed by atoms with Gasteiger partial charge in [0.15, 0.2) is 0 Å². The maximum Gasteiger partial charge on any atom is 0.536 e. The molecule has 0 aromatic heterocycles. The Morgan fingerprint density at radius 3 is 2.12 bits per heavy atom. The van der Waals surface area contributed by atoms with E-state index in [1.54, 1.807) is 21.3 Å². The summed E-state index contributed by atoms with van der Waals surface area (Å²) in [4.78, 5) is 4.88. The lowest BCUT2D eigenvalue weighted by molar-refractivity contribution is 0.140. The molecule has 1 aliphatic carbocycles. The van der Waals surface area contributed by atoms with Crippen LogP contribution in [0.2, 0.25) is 0 Å². The first-order chi connectivity index (χ1) is 12.2. The summed E-state index contributed by atoms with van der Waals surface area (Å²) >= 11 is 0. The Morgan fingerprint density at radius 1 is 0.923 bits per heavy atom. The Hall–Kier alpha value is -1.05. The fourth-order valence-electron chi connectivity index (χ4n) is 3.89. The molecule has 2 aliphatic rings. The molecular weight excluding hydrogens is 368 g/mol. The van der Waals surface area contributed by atoms with E-state index in [0.717, 1.165) is 24.4 Å². The van der Waals surface area contributed by atoms with E-state index in [9.17, 15) is 0 Å². The number of nitrogens with zero attached hydrogens (tertiary/aromatic N) is 2. The number of hydrogen-bond donors (Lipinski definition) is 0. The van der Waals surface area contributed by atoms with E-state index in [2.05, 4.69) is 46.5 Å². The van der Waals surface area contributed by atoms with Crippen LogP contribution in [0.25, 0.3) is 0 Å². The zero-order valence-corrected chi connectivity index (χ0v) is 17.8. The van der Waals surface area contributed by atoms with Crippen LogP contribution in [-0.4, -0.2) is 52.6 Å². The topological polar surface area (TPSA) is 34.2 Å². The molecule has 0 saturated heterocycles. The van der Waals surface area contributed by atoms with E-state index < -0.39 is 8.80 Å². The van der Waals surface area contributed by atoms with Crippen molar-refractivity contribution in [2.45, 2.75) is 44.7 Å². The van der Waals surface area contributed by atoms with Crippen molar-refractivity contribution in [1.82, 2.24) is 9.80 Å². The van der Waals surface area contributed by atoms with E-state index in [4.69, 9.17) is 13.3 Å². The molecule has 0 amide bonds.